The lowest BCUT2D eigenvalue weighted by molar-refractivity contribution is -0.116. The van der Waals surface area contributed by atoms with E-state index in [0.29, 0.717) is 28.8 Å². The number of hydrogen-bond acceptors (Lipinski definition) is 5. The van der Waals surface area contributed by atoms with Crippen LogP contribution in [0, 0.1) is 0 Å². The number of nitrogens with one attached hydrogen (secondary N) is 2. The first-order valence-electron chi connectivity index (χ1n) is 9.71. The van der Waals surface area contributed by atoms with Gasteiger partial charge in [0.1, 0.15) is 16.3 Å². The standard InChI is InChI=1S/C23H19N3O3S/c27-20(11-3-6-15-14-24-17-8-2-1-7-16(15)17)25-23-26-21(18-9-4-12-28-18)22(30-23)19-10-5-13-29-19/h1-2,4-5,7-10,12-14,24H,3,6,11H2,(H,25,26,27). The second kappa shape index (κ2) is 8.04. The van der Waals surface area contributed by atoms with Gasteiger partial charge in [-0.1, -0.05) is 29.5 Å². The molecule has 0 aliphatic heterocycles. The molecular formula is C23H19N3O3S. The van der Waals surface area contributed by atoms with Gasteiger partial charge in [-0.3, -0.25) is 4.79 Å². The van der Waals surface area contributed by atoms with E-state index in [1.165, 1.54) is 22.3 Å². The molecule has 0 unspecified atom stereocenters. The number of amides is 1. The third-order valence-electron chi connectivity index (χ3n) is 4.90. The smallest absolute Gasteiger partial charge is 0.226 e. The summed E-state index contributed by atoms with van der Waals surface area (Å²) in [6, 6.07) is 15.5. The first-order valence-corrected chi connectivity index (χ1v) is 10.5. The van der Waals surface area contributed by atoms with E-state index in [2.05, 4.69) is 27.4 Å². The molecular weight excluding hydrogens is 398 g/mol. The Morgan fingerprint density at radius 2 is 1.83 bits per heavy atom. The minimum atomic E-state index is -0.0550. The summed E-state index contributed by atoms with van der Waals surface area (Å²) in [5, 5.41) is 4.67. The maximum absolute atomic E-state index is 12.5. The lowest BCUT2D eigenvalue weighted by atomic mass is 10.1. The quantitative estimate of drug-likeness (QED) is 0.335. The first-order chi connectivity index (χ1) is 14.8. The predicted octanol–water partition coefficient (Wildman–Crippen LogP) is 6.11. The van der Waals surface area contributed by atoms with Crippen LogP contribution < -0.4 is 5.32 Å². The number of benzene rings is 1. The number of carbonyl (C=O) groups is 1. The fraction of sp³-hybridized carbons (Fsp3) is 0.130. The molecule has 0 aliphatic rings. The summed E-state index contributed by atoms with van der Waals surface area (Å²) in [5.74, 6) is 1.27. The van der Waals surface area contributed by atoms with Crippen molar-refractivity contribution in [3.05, 3.63) is 72.8 Å². The van der Waals surface area contributed by atoms with Gasteiger partial charge in [0, 0.05) is 23.5 Å². The van der Waals surface area contributed by atoms with Gasteiger partial charge in [0.25, 0.3) is 0 Å². The van der Waals surface area contributed by atoms with E-state index in [0.717, 1.165) is 23.2 Å². The minimum Gasteiger partial charge on any atom is -0.463 e. The Balaban J connectivity index is 1.26. The van der Waals surface area contributed by atoms with Gasteiger partial charge in [0.05, 0.1) is 12.5 Å². The fourth-order valence-electron chi connectivity index (χ4n) is 3.49. The van der Waals surface area contributed by atoms with Crippen LogP contribution in [-0.4, -0.2) is 15.9 Å². The van der Waals surface area contributed by atoms with E-state index >= 15 is 0 Å². The van der Waals surface area contributed by atoms with Gasteiger partial charge < -0.3 is 19.1 Å². The van der Waals surface area contributed by atoms with E-state index in [1.807, 2.05) is 42.6 Å². The number of aryl methyl sites for hydroxylation is 1. The van der Waals surface area contributed by atoms with Gasteiger partial charge >= 0.3 is 0 Å². The second-order valence-electron chi connectivity index (χ2n) is 6.91. The monoisotopic (exact) mass is 417 g/mol. The fourth-order valence-corrected chi connectivity index (χ4v) is 4.44. The number of aromatic amines is 1. The number of aromatic nitrogens is 2. The van der Waals surface area contributed by atoms with Crippen LogP contribution in [0.4, 0.5) is 5.13 Å². The summed E-state index contributed by atoms with van der Waals surface area (Å²) in [6.07, 6.45) is 7.26. The van der Waals surface area contributed by atoms with Crippen molar-refractivity contribution in [2.75, 3.05) is 5.32 Å². The molecule has 6 nitrogen and oxygen atoms in total. The summed E-state index contributed by atoms with van der Waals surface area (Å²) < 4.78 is 11.0. The molecule has 0 saturated carbocycles. The summed E-state index contributed by atoms with van der Waals surface area (Å²) in [7, 11) is 0. The number of H-pyrrole nitrogens is 1. The van der Waals surface area contributed by atoms with Crippen LogP contribution in [0.25, 0.3) is 33.0 Å². The molecule has 5 rings (SSSR count). The number of carbonyl (C=O) groups excluding carboxylic acids is 1. The molecule has 150 valence electrons. The summed E-state index contributed by atoms with van der Waals surface area (Å²) in [6.45, 7) is 0. The molecule has 1 amide bonds. The number of nitrogens with zero attached hydrogens (tertiary/aromatic N) is 1. The molecule has 0 radical (unpaired) electrons. The normalized spacial score (nSPS) is 11.2. The Labute approximate surface area is 176 Å². The van der Waals surface area contributed by atoms with Gasteiger partial charge in [-0.25, -0.2) is 4.98 Å². The van der Waals surface area contributed by atoms with Crippen LogP contribution >= 0.6 is 11.3 Å². The number of fused-ring (bicyclic) bond motifs is 1. The van der Waals surface area contributed by atoms with Gasteiger partial charge in [0.2, 0.25) is 5.91 Å². The van der Waals surface area contributed by atoms with Crippen molar-refractivity contribution >= 4 is 33.3 Å². The Bertz CT molecular complexity index is 1210. The van der Waals surface area contributed by atoms with Crippen molar-refractivity contribution in [3.63, 3.8) is 0 Å². The average molecular weight is 417 g/mol. The zero-order chi connectivity index (χ0) is 20.3. The first kappa shape index (κ1) is 18.4. The second-order valence-corrected chi connectivity index (χ2v) is 7.91. The largest absolute Gasteiger partial charge is 0.463 e. The molecule has 0 bridgehead atoms. The topological polar surface area (TPSA) is 84.1 Å². The van der Waals surface area contributed by atoms with Gasteiger partial charge in [-0.2, -0.15) is 0 Å². The third-order valence-corrected chi connectivity index (χ3v) is 5.88. The average Bonchev–Trinajstić information content (AvgIpc) is 3.53. The highest BCUT2D eigenvalue weighted by Crippen LogP contribution is 2.39. The molecule has 0 spiro atoms. The number of anilines is 1. The molecule has 5 aromatic rings. The highest BCUT2D eigenvalue weighted by atomic mass is 32.1. The maximum atomic E-state index is 12.5. The SMILES string of the molecule is O=C(CCCc1c[nH]c2ccccc12)Nc1nc(-c2ccco2)c(-c2ccco2)s1. The van der Waals surface area contributed by atoms with E-state index in [-0.39, 0.29) is 5.91 Å². The van der Waals surface area contributed by atoms with Crippen LogP contribution in [0.2, 0.25) is 0 Å². The maximum Gasteiger partial charge on any atom is 0.226 e. The molecule has 7 heteroatoms. The molecule has 1 aromatic carbocycles. The lowest BCUT2D eigenvalue weighted by Crippen LogP contribution is -2.11. The molecule has 2 N–H and O–H groups in total. The highest BCUT2D eigenvalue weighted by molar-refractivity contribution is 7.19. The molecule has 30 heavy (non-hydrogen) atoms. The zero-order valence-electron chi connectivity index (χ0n) is 16.1. The van der Waals surface area contributed by atoms with Crippen LogP contribution in [0.1, 0.15) is 18.4 Å². The lowest BCUT2D eigenvalue weighted by Gasteiger charge is -2.02. The summed E-state index contributed by atoms with van der Waals surface area (Å²) in [5.41, 5.74) is 3.01. The number of hydrogen-bond donors (Lipinski definition) is 2. The Kier molecular flexibility index (Phi) is 4.94. The van der Waals surface area contributed by atoms with E-state index in [1.54, 1.807) is 12.5 Å². The summed E-state index contributed by atoms with van der Waals surface area (Å²) >= 11 is 1.38. The van der Waals surface area contributed by atoms with Crippen LogP contribution in [-0.2, 0) is 11.2 Å². The predicted molar refractivity (Wildman–Crippen MR) is 117 cm³/mol. The van der Waals surface area contributed by atoms with Crippen molar-refractivity contribution in [1.82, 2.24) is 9.97 Å². The van der Waals surface area contributed by atoms with Crippen LogP contribution in [0.15, 0.2) is 76.1 Å². The van der Waals surface area contributed by atoms with Crippen LogP contribution in [0.5, 0.6) is 0 Å². The Morgan fingerprint density at radius 3 is 2.63 bits per heavy atom. The number of furan rings is 2. The number of para-hydroxylation sites is 1. The van der Waals surface area contributed by atoms with Crippen LogP contribution in [0.3, 0.4) is 0 Å². The van der Waals surface area contributed by atoms with E-state index in [9.17, 15) is 4.79 Å². The van der Waals surface area contributed by atoms with Crippen molar-refractivity contribution in [2.45, 2.75) is 19.3 Å². The van der Waals surface area contributed by atoms with Crippen molar-refractivity contribution in [1.29, 1.82) is 0 Å². The Morgan fingerprint density at radius 1 is 1.03 bits per heavy atom. The van der Waals surface area contributed by atoms with Gasteiger partial charge in [-0.15, -0.1) is 0 Å². The zero-order valence-corrected chi connectivity index (χ0v) is 16.9. The van der Waals surface area contributed by atoms with Crippen molar-refractivity contribution in [2.24, 2.45) is 0 Å². The molecule has 0 aliphatic carbocycles. The van der Waals surface area contributed by atoms with Crippen molar-refractivity contribution in [3.8, 4) is 22.1 Å². The van der Waals surface area contributed by atoms with E-state index < -0.39 is 0 Å². The Hall–Kier alpha value is -3.58. The molecule has 0 atom stereocenters. The molecule has 0 saturated heterocycles. The molecule has 4 aromatic heterocycles. The van der Waals surface area contributed by atoms with Gasteiger partial charge in [0.15, 0.2) is 10.9 Å². The summed E-state index contributed by atoms with van der Waals surface area (Å²) in [4.78, 5) is 21.2. The van der Waals surface area contributed by atoms with Gasteiger partial charge in [-0.05, 0) is 48.7 Å². The number of thiazole rings is 1. The third kappa shape index (κ3) is 3.67. The molecule has 0 fully saturated rings. The number of rotatable bonds is 7. The highest BCUT2D eigenvalue weighted by Gasteiger charge is 2.19. The minimum absolute atomic E-state index is 0.0550. The van der Waals surface area contributed by atoms with Crippen molar-refractivity contribution < 1.29 is 13.6 Å². The van der Waals surface area contributed by atoms with E-state index in [4.69, 9.17) is 8.83 Å². The molecule has 4 heterocycles.